The Kier molecular flexibility index (Phi) is 6.36. The molecule has 0 aromatic heterocycles. The van der Waals surface area contributed by atoms with Gasteiger partial charge in [0.05, 0.1) is 33.3 Å². The van der Waals surface area contributed by atoms with Crippen LogP contribution in [-0.4, -0.2) is 50.7 Å². The maximum absolute atomic E-state index is 12.4. The lowest BCUT2D eigenvalue weighted by Crippen LogP contribution is -3.13. The number of para-hydroxylation sites is 2. The SMILES string of the molecule is COc1ccccc1OCC(=O)N1CC[NH+](Cc2cccc(Cl)c2)CC1. The second-order valence-electron chi connectivity index (χ2n) is 6.38. The molecule has 0 aliphatic carbocycles. The monoisotopic (exact) mass is 375 g/mol. The zero-order valence-electron chi connectivity index (χ0n) is 14.9. The average molecular weight is 376 g/mol. The number of carbonyl (C=O) groups is 1. The molecule has 1 heterocycles. The largest absolute Gasteiger partial charge is 0.493 e. The van der Waals surface area contributed by atoms with Gasteiger partial charge >= 0.3 is 0 Å². The number of halogens is 1. The summed E-state index contributed by atoms with van der Waals surface area (Å²) in [5.41, 5.74) is 1.23. The molecule has 0 spiro atoms. The van der Waals surface area contributed by atoms with Gasteiger partial charge in [-0.2, -0.15) is 0 Å². The number of ether oxygens (including phenoxy) is 2. The van der Waals surface area contributed by atoms with Crippen molar-refractivity contribution in [3.63, 3.8) is 0 Å². The first-order valence-corrected chi connectivity index (χ1v) is 9.15. The van der Waals surface area contributed by atoms with Gasteiger partial charge < -0.3 is 19.3 Å². The number of hydrogen-bond donors (Lipinski definition) is 1. The van der Waals surface area contributed by atoms with E-state index in [2.05, 4.69) is 6.07 Å². The van der Waals surface area contributed by atoms with Gasteiger partial charge in [0, 0.05) is 10.6 Å². The fraction of sp³-hybridized carbons (Fsp3) is 0.350. The molecule has 1 N–H and O–H groups in total. The molecule has 138 valence electrons. The minimum atomic E-state index is 0.0118. The Hall–Kier alpha value is -2.24. The molecular formula is C20H24ClN2O3+. The van der Waals surface area contributed by atoms with E-state index in [1.807, 2.05) is 41.3 Å². The van der Waals surface area contributed by atoms with Crippen molar-refractivity contribution >= 4 is 17.5 Å². The third kappa shape index (κ3) is 4.90. The van der Waals surface area contributed by atoms with Crippen LogP contribution in [0.4, 0.5) is 0 Å². The zero-order valence-corrected chi connectivity index (χ0v) is 15.7. The molecule has 1 fully saturated rings. The molecule has 0 atom stereocenters. The molecule has 1 aliphatic rings. The molecule has 6 heteroatoms. The summed E-state index contributed by atoms with van der Waals surface area (Å²) in [4.78, 5) is 15.7. The van der Waals surface area contributed by atoms with Crippen LogP contribution in [0, 0.1) is 0 Å². The molecule has 1 saturated heterocycles. The molecule has 3 rings (SSSR count). The van der Waals surface area contributed by atoms with Gasteiger partial charge in [0.25, 0.3) is 5.91 Å². The molecule has 1 aliphatic heterocycles. The van der Waals surface area contributed by atoms with Crippen LogP contribution in [0.15, 0.2) is 48.5 Å². The standard InChI is InChI=1S/C20H23ClN2O3/c1-25-18-7-2-3-8-19(18)26-15-20(24)23-11-9-22(10-12-23)14-16-5-4-6-17(21)13-16/h2-8,13H,9-12,14-15H2,1H3/p+1. The minimum absolute atomic E-state index is 0.0118. The molecule has 0 radical (unpaired) electrons. The predicted molar refractivity (Wildman–Crippen MR) is 101 cm³/mol. The van der Waals surface area contributed by atoms with Gasteiger partial charge in [0.1, 0.15) is 6.54 Å². The fourth-order valence-electron chi connectivity index (χ4n) is 3.15. The summed E-state index contributed by atoms with van der Waals surface area (Å²) in [6.45, 7) is 4.29. The van der Waals surface area contributed by atoms with Gasteiger partial charge in [-0.15, -0.1) is 0 Å². The number of carbonyl (C=O) groups excluding carboxylic acids is 1. The summed E-state index contributed by atoms with van der Waals surface area (Å²) >= 11 is 6.05. The number of hydrogen-bond acceptors (Lipinski definition) is 3. The highest BCUT2D eigenvalue weighted by molar-refractivity contribution is 6.30. The Morgan fingerprint density at radius 3 is 2.54 bits per heavy atom. The molecule has 5 nitrogen and oxygen atoms in total. The van der Waals surface area contributed by atoms with E-state index >= 15 is 0 Å². The highest BCUT2D eigenvalue weighted by Crippen LogP contribution is 2.25. The minimum Gasteiger partial charge on any atom is -0.493 e. The lowest BCUT2D eigenvalue weighted by molar-refractivity contribution is -0.917. The van der Waals surface area contributed by atoms with E-state index in [4.69, 9.17) is 21.1 Å². The third-order valence-electron chi connectivity index (χ3n) is 4.59. The van der Waals surface area contributed by atoms with Crippen LogP contribution in [0.25, 0.3) is 0 Å². The van der Waals surface area contributed by atoms with Crippen LogP contribution >= 0.6 is 11.6 Å². The Morgan fingerprint density at radius 1 is 1.12 bits per heavy atom. The third-order valence-corrected chi connectivity index (χ3v) is 4.82. The van der Waals surface area contributed by atoms with Crippen molar-refractivity contribution in [3.05, 3.63) is 59.1 Å². The average Bonchev–Trinajstić information content (AvgIpc) is 2.67. The first-order chi connectivity index (χ1) is 12.7. The smallest absolute Gasteiger partial charge is 0.260 e. The van der Waals surface area contributed by atoms with Gasteiger partial charge in [-0.3, -0.25) is 4.79 Å². The molecule has 0 unspecified atom stereocenters. The van der Waals surface area contributed by atoms with Crippen molar-refractivity contribution in [1.82, 2.24) is 4.90 Å². The van der Waals surface area contributed by atoms with Gasteiger partial charge in [0.2, 0.25) is 0 Å². The Morgan fingerprint density at radius 2 is 1.85 bits per heavy atom. The van der Waals surface area contributed by atoms with Crippen molar-refractivity contribution in [2.45, 2.75) is 6.54 Å². The number of nitrogens with one attached hydrogen (secondary N) is 1. The number of nitrogens with zero attached hydrogens (tertiary/aromatic N) is 1. The van der Waals surface area contributed by atoms with E-state index in [1.54, 1.807) is 13.2 Å². The van der Waals surface area contributed by atoms with Gasteiger partial charge in [-0.1, -0.05) is 35.9 Å². The number of benzene rings is 2. The summed E-state index contributed by atoms with van der Waals surface area (Å²) in [6.07, 6.45) is 0. The number of piperazine rings is 1. The number of quaternary nitrogens is 1. The van der Waals surface area contributed by atoms with Crippen LogP contribution < -0.4 is 14.4 Å². The van der Waals surface area contributed by atoms with Gasteiger partial charge in [-0.05, 0) is 24.3 Å². The van der Waals surface area contributed by atoms with Gasteiger partial charge in [0.15, 0.2) is 18.1 Å². The molecule has 0 bridgehead atoms. The quantitative estimate of drug-likeness (QED) is 0.835. The summed E-state index contributed by atoms with van der Waals surface area (Å²) < 4.78 is 10.9. The van der Waals surface area contributed by atoms with E-state index in [0.717, 1.165) is 37.7 Å². The van der Waals surface area contributed by atoms with Crippen molar-refractivity contribution in [2.24, 2.45) is 0 Å². The lowest BCUT2D eigenvalue weighted by atomic mass is 10.2. The van der Waals surface area contributed by atoms with Crippen molar-refractivity contribution in [1.29, 1.82) is 0 Å². The van der Waals surface area contributed by atoms with E-state index in [-0.39, 0.29) is 12.5 Å². The van der Waals surface area contributed by atoms with Crippen molar-refractivity contribution < 1.29 is 19.2 Å². The van der Waals surface area contributed by atoms with E-state index in [9.17, 15) is 4.79 Å². The maximum atomic E-state index is 12.4. The summed E-state index contributed by atoms with van der Waals surface area (Å²) in [5.74, 6) is 1.24. The molecular weight excluding hydrogens is 352 g/mol. The lowest BCUT2D eigenvalue weighted by Gasteiger charge is -2.32. The molecule has 1 amide bonds. The first-order valence-electron chi connectivity index (χ1n) is 8.77. The second kappa shape index (κ2) is 8.92. The maximum Gasteiger partial charge on any atom is 0.260 e. The van der Waals surface area contributed by atoms with Crippen LogP contribution in [0.5, 0.6) is 11.5 Å². The molecule has 0 saturated carbocycles. The summed E-state index contributed by atoms with van der Waals surface area (Å²) in [5, 5.41) is 0.768. The van der Waals surface area contributed by atoms with Crippen molar-refractivity contribution in [3.8, 4) is 11.5 Å². The van der Waals surface area contributed by atoms with Crippen LogP contribution in [0.3, 0.4) is 0 Å². The van der Waals surface area contributed by atoms with E-state index in [1.165, 1.54) is 10.5 Å². The molecule has 26 heavy (non-hydrogen) atoms. The topological polar surface area (TPSA) is 43.2 Å². The summed E-state index contributed by atoms with van der Waals surface area (Å²) in [7, 11) is 1.59. The fourth-order valence-corrected chi connectivity index (χ4v) is 3.37. The number of methoxy groups -OCH3 is 1. The summed E-state index contributed by atoms with van der Waals surface area (Å²) in [6, 6.07) is 15.3. The van der Waals surface area contributed by atoms with Crippen LogP contribution in [0.1, 0.15) is 5.56 Å². The highest BCUT2D eigenvalue weighted by Gasteiger charge is 2.24. The molecule has 2 aromatic carbocycles. The van der Waals surface area contributed by atoms with Gasteiger partial charge in [-0.25, -0.2) is 0 Å². The zero-order chi connectivity index (χ0) is 18.4. The van der Waals surface area contributed by atoms with Crippen LogP contribution in [-0.2, 0) is 11.3 Å². The van der Waals surface area contributed by atoms with E-state index in [0.29, 0.717) is 11.5 Å². The normalized spacial score (nSPS) is 14.9. The number of rotatable bonds is 6. The van der Waals surface area contributed by atoms with Crippen molar-refractivity contribution in [2.75, 3.05) is 39.9 Å². The number of amides is 1. The van der Waals surface area contributed by atoms with E-state index < -0.39 is 0 Å². The Balaban J connectivity index is 1.46. The van der Waals surface area contributed by atoms with Crippen LogP contribution in [0.2, 0.25) is 5.02 Å². The predicted octanol–water partition coefficient (Wildman–Crippen LogP) is 1.65. The Bertz CT molecular complexity index is 745. The second-order valence-corrected chi connectivity index (χ2v) is 6.81. The molecule has 2 aromatic rings. The first kappa shape index (κ1) is 18.5. The highest BCUT2D eigenvalue weighted by atomic mass is 35.5. The Labute approximate surface area is 159 Å².